The minimum absolute atomic E-state index is 0.0782. The Labute approximate surface area is 68.2 Å². The molecule has 0 spiro atoms. The maximum atomic E-state index is 4.34. The van der Waals surface area contributed by atoms with Gasteiger partial charge in [0.15, 0.2) is 0 Å². The van der Waals surface area contributed by atoms with E-state index in [1.54, 1.807) is 0 Å². The molecule has 0 aliphatic carbocycles. The highest BCUT2D eigenvalue weighted by Crippen LogP contribution is 2.15. The molecule has 0 aromatic carbocycles. The average Bonchev–Trinajstić information content (AvgIpc) is 2.08. The van der Waals surface area contributed by atoms with Gasteiger partial charge in [-0.25, -0.2) is 0 Å². The van der Waals surface area contributed by atoms with Crippen molar-refractivity contribution < 1.29 is 0 Å². The van der Waals surface area contributed by atoms with Gasteiger partial charge in [-0.3, -0.25) is 4.68 Å². The molecule has 0 N–H and O–H groups in total. The first-order chi connectivity index (χ1) is 4.91. The van der Waals surface area contributed by atoms with Crippen molar-refractivity contribution in [1.29, 1.82) is 0 Å². The fourth-order valence-corrected chi connectivity index (χ4v) is 1.22. The van der Waals surface area contributed by atoms with Crippen molar-refractivity contribution in [2.45, 2.75) is 40.2 Å². The van der Waals surface area contributed by atoms with Gasteiger partial charge in [0.2, 0.25) is 0 Å². The summed E-state index contributed by atoms with van der Waals surface area (Å²) >= 11 is 0. The molecule has 11 heavy (non-hydrogen) atoms. The Kier molecular flexibility index (Phi) is 1.78. The summed E-state index contributed by atoms with van der Waals surface area (Å²) in [6, 6.07) is 3.17. The number of hydrogen-bond donors (Lipinski definition) is 0. The second-order valence-electron chi connectivity index (χ2n) is 3.88. The van der Waals surface area contributed by atoms with Gasteiger partial charge in [0.25, 0.3) is 0 Å². The molecular weight excluding hydrogens is 136 g/mol. The molecule has 0 amide bonds. The SMILES string of the molecule is Cc1[c]c(C)n(C(C)(C)C)n1. The molecule has 0 fully saturated rings. The smallest absolute Gasteiger partial charge is 0.0676 e. The molecule has 0 aliphatic heterocycles. The van der Waals surface area contributed by atoms with Crippen molar-refractivity contribution in [3.63, 3.8) is 0 Å². The standard InChI is InChI=1S/C9H15N2/c1-7-6-8(2)11(10-7)9(3,4)5/h1-5H3. The predicted molar refractivity (Wildman–Crippen MR) is 45.5 cm³/mol. The van der Waals surface area contributed by atoms with E-state index in [1.807, 2.05) is 18.5 Å². The van der Waals surface area contributed by atoms with E-state index in [9.17, 15) is 0 Å². The molecule has 0 unspecified atom stereocenters. The molecule has 2 nitrogen and oxygen atoms in total. The van der Waals surface area contributed by atoms with Crippen LogP contribution >= 0.6 is 0 Å². The van der Waals surface area contributed by atoms with E-state index in [0.717, 1.165) is 11.4 Å². The Morgan fingerprint density at radius 3 is 2.00 bits per heavy atom. The monoisotopic (exact) mass is 151 g/mol. The third-order valence-corrected chi connectivity index (χ3v) is 1.56. The van der Waals surface area contributed by atoms with Gasteiger partial charge < -0.3 is 0 Å². The van der Waals surface area contributed by atoms with Crippen LogP contribution in [0.4, 0.5) is 0 Å². The van der Waals surface area contributed by atoms with Crippen molar-refractivity contribution in [2.75, 3.05) is 0 Å². The second kappa shape index (κ2) is 2.36. The van der Waals surface area contributed by atoms with E-state index < -0.39 is 0 Å². The summed E-state index contributed by atoms with van der Waals surface area (Å²) in [7, 11) is 0. The van der Waals surface area contributed by atoms with Crippen molar-refractivity contribution in [2.24, 2.45) is 0 Å². The zero-order valence-corrected chi connectivity index (χ0v) is 7.89. The quantitative estimate of drug-likeness (QED) is 0.555. The number of hydrogen-bond acceptors (Lipinski definition) is 1. The number of nitrogens with zero attached hydrogens (tertiary/aromatic N) is 2. The van der Waals surface area contributed by atoms with Crippen molar-refractivity contribution in [1.82, 2.24) is 9.78 Å². The van der Waals surface area contributed by atoms with Gasteiger partial charge in [0, 0.05) is 11.8 Å². The molecule has 61 valence electrons. The lowest BCUT2D eigenvalue weighted by Gasteiger charge is -2.20. The van der Waals surface area contributed by atoms with Crippen LogP contribution in [-0.4, -0.2) is 9.78 Å². The van der Waals surface area contributed by atoms with E-state index in [1.165, 1.54) is 0 Å². The first-order valence-electron chi connectivity index (χ1n) is 3.87. The van der Waals surface area contributed by atoms with Gasteiger partial charge in [-0.1, -0.05) is 0 Å². The zero-order chi connectivity index (χ0) is 8.65. The summed E-state index contributed by atoms with van der Waals surface area (Å²) in [5, 5.41) is 4.34. The maximum absolute atomic E-state index is 4.34. The Morgan fingerprint density at radius 2 is 1.82 bits per heavy atom. The minimum atomic E-state index is 0.0782. The van der Waals surface area contributed by atoms with Crippen LogP contribution in [0.2, 0.25) is 0 Å². The first kappa shape index (κ1) is 8.31. The summed E-state index contributed by atoms with van der Waals surface area (Å²) in [6.07, 6.45) is 0. The maximum Gasteiger partial charge on any atom is 0.0676 e. The van der Waals surface area contributed by atoms with Crippen LogP contribution in [0.3, 0.4) is 0 Å². The van der Waals surface area contributed by atoms with Crippen LogP contribution in [0.5, 0.6) is 0 Å². The molecular formula is C9H15N2. The molecule has 1 heterocycles. The number of rotatable bonds is 0. The molecule has 1 aromatic rings. The molecule has 1 rings (SSSR count). The molecule has 1 radical (unpaired) electrons. The Balaban J connectivity index is 3.13. The summed E-state index contributed by atoms with van der Waals surface area (Å²) in [6.45, 7) is 10.4. The highest BCUT2D eigenvalue weighted by molar-refractivity contribution is 5.06. The van der Waals surface area contributed by atoms with Crippen LogP contribution in [0, 0.1) is 19.9 Å². The Bertz CT molecular complexity index is 253. The average molecular weight is 151 g/mol. The largest absolute Gasteiger partial charge is 0.264 e. The van der Waals surface area contributed by atoms with Gasteiger partial charge in [0.05, 0.1) is 11.2 Å². The lowest BCUT2D eigenvalue weighted by molar-refractivity contribution is 0.346. The van der Waals surface area contributed by atoms with Crippen molar-refractivity contribution in [3.8, 4) is 0 Å². The fraction of sp³-hybridized carbons (Fsp3) is 0.667. The topological polar surface area (TPSA) is 17.8 Å². The lowest BCUT2D eigenvalue weighted by Crippen LogP contribution is -2.24. The number of aromatic nitrogens is 2. The number of aryl methyl sites for hydroxylation is 2. The lowest BCUT2D eigenvalue weighted by atomic mass is 10.1. The molecule has 0 aliphatic rings. The molecule has 0 saturated heterocycles. The van der Waals surface area contributed by atoms with Gasteiger partial charge in [-0.2, -0.15) is 5.10 Å². The fourth-order valence-electron chi connectivity index (χ4n) is 1.22. The van der Waals surface area contributed by atoms with Crippen molar-refractivity contribution >= 4 is 0 Å². The van der Waals surface area contributed by atoms with Gasteiger partial charge in [0.1, 0.15) is 0 Å². The summed E-state index contributed by atoms with van der Waals surface area (Å²) in [5.41, 5.74) is 2.15. The zero-order valence-electron chi connectivity index (χ0n) is 7.89. The summed E-state index contributed by atoms with van der Waals surface area (Å²) < 4.78 is 2.00. The van der Waals surface area contributed by atoms with Gasteiger partial charge in [-0.15, -0.1) is 0 Å². The van der Waals surface area contributed by atoms with Crippen LogP contribution in [0.1, 0.15) is 32.2 Å². The molecule has 2 heteroatoms. The van der Waals surface area contributed by atoms with E-state index in [0.29, 0.717) is 0 Å². The Hall–Kier alpha value is -0.790. The van der Waals surface area contributed by atoms with E-state index in [-0.39, 0.29) is 5.54 Å². The van der Waals surface area contributed by atoms with Crippen molar-refractivity contribution in [3.05, 3.63) is 17.5 Å². The normalized spacial score (nSPS) is 12.1. The molecule has 0 bridgehead atoms. The van der Waals surface area contributed by atoms with E-state index >= 15 is 0 Å². The predicted octanol–water partition coefficient (Wildman–Crippen LogP) is 2.06. The minimum Gasteiger partial charge on any atom is -0.264 e. The van der Waals surface area contributed by atoms with E-state index in [2.05, 4.69) is 31.9 Å². The first-order valence-corrected chi connectivity index (χ1v) is 3.87. The second-order valence-corrected chi connectivity index (χ2v) is 3.88. The Morgan fingerprint density at radius 1 is 1.27 bits per heavy atom. The molecule has 1 aromatic heterocycles. The highest BCUT2D eigenvalue weighted by atomic mass is 15.3. The summed E-state index contributed by atoms with van der Waals surface area (Å²) in [4.78, 5) is 0. The summed E-state index contributed by atoms with van der Waals surface area (Å²) in [5.74, 6) is 0. The van der Waals surface area contributed by atoms with E-state index in [4.69, 9.17) is 0 Å². The van der Waals surface area contributed by atoms with Crippen LogP contribution < -0.4 is 0 Å². The third-order valence-electron chi connectivity index (χ3n) is 1.56. The molecule has 0 atom stereocenters. The third kappa shape index (κ3) is 1.62. The van der Waals surface area contributed by atoms with Crippen LogP contribution in [0.25, 0.3) is 0 Å². The molecule has 0 saturated carbocycles. The van der Waals surface area contributed by atoms with Gasteiger partial charge in [-0.05, 0) is 34.6 Å². The van der Waals surface area contributed by atoms with Crippen LogP contribution in [-0.2, 0) is 5.54 Å². The van der Waals surface area contributed by atoms with Gasteiger partial charge >= 0.3 is 0 Å². The highest BCUT2D eigenvalue weighted by Gasteiger charge is 2.15. The van der Waals surface area contributed by atoms with Crippen LogP contribution in [0.15, 0.2) is 0 Å².